The molecule has 0 spiro atoms. The minimum absolute atomic E-state index is 0.590. The highest BCUT2D eigenvalue weighted by Crippen LogP contribution is 2.26. The Hall–Kier alpha value is -1.02. The van der Waals surface area contributed by atoms with Gasteiger partial charge < -0.3 is 10.6 Å². The zero-order valence-electron chi connectivity index (χ0n) is 11.2. The van der Waals surface area contributed by atoms with Crippen LogP contribution in [-0.2, 0) is 13.0 Å². The Balaban J connectivity index is 2.22. The lowest BCUT2D eigenvalue weighted by Crippen LogP contribution is -2.33. The summed E-state index contributed by atoms with van der Waals surface area (Å²) in [5.41, 5.74) is 4.33. The first-order valence-electron chi connectivity index (χ1n) is 6.85. The van der Waals surface area contributed by atoms with Gasteiger partial charge in [0.1, 0.15) is 0 Å². The maximum atomic E-state index is 3.70. The number of fused-ring (bicyclic) bond motifs is 1. The first-order valence-corrected chi connectivity index (χ1v) is 6.85. The summed E-state index contributed by atoms with van der Waals surface area (Å²) in [5, 5.41) is 7.22. The lowest BCUT2D eigenvalue weighted by molar-refractivity contribution is 0.513. The fourth-order valence-electron chi connectivity index (χ4n) is 2.55. The highest BCUT2D eigenvalue weighted by molar-refractivity contribution is 5.56. The van der Waals surface area contributed by atoms with Gasteiger partial charge in [-0.1, -0.05) is 26.0 Å². The number of rotatable bonds is 4. The number of benzene rings is 1. The third-order valence-electron chi connectivity index (χ3n) is 3.77. The second-order valence-electron chi connectivity index (χ2n) is 5.09. The van der Waals surface area contributed by atoms with E-state index in [1.807, 2.05) is 0 Å². The molecule has 1 heterocycles. The van der Waals surface area contributed by atoms with E-state index in [2.05, 4.69) is 49.6 Å². The van der Waals surface area contributed by atoms with Crippen molar-refractivity contribution in [2.24, 2.45) is 0 Å². The van der Waals surface area contributed by atoms with Gasteiger partial charge in [0.05, 0.1) is 0 Å². The number of hydrogen-bond donors (Lipinski definition) is 2. The molecule has 1 aromatic carbocycles. The van der Waals surface area contributed by atoms with Crippen LogP contribution in [0, 0.1) is 0 Å². The predicted molar refractivity (Wildman–Crippen MR) is 74.4 cm³/mol. The maximum Gasteiger partial charge on any atom is 0.0378 e. The van der Waals surface area contributed by atoms with Crippen molar-refractivity contribution in [1.29, 1.82) is 0 Å². The monoisotopic (exact) mass is 232 g/mol. The van der Waals surface area contributed by atoms with E-state index in [9.17, 15) is 0 Å². The molecule has 1 aliphatic rings. The molecular formula is C15H24N2. The third-order valence-corrected chi connectivity index (χ3v) is 3.77. The molecule has 1 atom stereocenters. The van der Waals surface area contributed by atoms with Gasteiger partial charge in [-0.05, 0) is 43.4 Å². The smallest absolute Gasteiger partial charge is 0.0378 e. The Kier molecular flexibility index (Phi) is 4.06. The van der Waals surface area contributed by atoms with Crippen molar-refractivity contribution < 1.29 is 0 Å². The first-order chi connectivity index (χ1) is 8.24. The molecule has 2 rings (SSSR count). The SMILES string of the molecule is CCC(CC)Nc1cccc2c1CC(C)NC2. The van der Waals surface area contributed by atoms with Crippen molar-refractivity contribution in [1.82, 2.24) is 5.32 Å². The molecule has 0 aromatic heterocycles. The van der Waals surface area contributed by atoms with Crippen molar-refractivity contribution in [2.75, 3.05) is 5.32 Å². The van der Waals surface area contributed by atoms with Crippen LogP contribution in [-0.4, -0.2) is 12.1 Å². The number of hydrogen-bond acceptors (Lipinski definition) is 2. The van der Waals surface area contributed by atoms with Crippen LogP contribution in [0.3, 0.4) is 0 Å². The average molecular weight is 232 g/mol. The van der Waals surface area contributed by atoms with E-state index in [1.54, 1.807) is 0 Å². The van der Waals surface area contributed by atoms with Crippen LogP contribution >= 0.6 is 0 Å². The van der Waals surface area contributed by atoms with E-state index in [4.69, 9.17) is 0 Å². The molecule has 0 bridgehead atoms. The number of nitrogens with one attached hydrogen (secondary N) is 2. The Bertz CT molecular complexity index is 369. The zero-order chi connectivity index (χ0) is 12.3. The molecular weight excluding hydrogens is 208 g/mol. The lowest BCUT2D eigenvalue weighted by Gasteiger charge is -2.27. The second-order valence-corrected chi connectivity index (χ2v) is 5.09. The molecule has 2 heteroatoms. The van der Waals surface area contributed by atoms with Gasteiger partial charge in [0.25, 0.3) is 0 Å². The quantitative estimate of drug-likeness (QED) is 0.832. The van der Waals surface area contributed by atoms with Crippen LogP contribution in [0.4, 0.5) is 5.69 Å². The van der Waals surface area contributed by atoms with E-state index >= 15 is 0 Å². The van der Waals surface area contributed by atoms with E-state index in [-0.39, 0.29) is 0 Å². The third kappa shape index (κ3) is 2.81. The molecule has 1 unspecified atom stereocenters. The molecule has 2 N–H and O–H groups in total. The molecule has 94 valence electrons. The molecule has 0 fully saturated rings. The standard InChI is InChI=1S/C15H24N2/c1-4-13(5-2)17-15-8-6-7-12-10-16-11(3)9-14(12)15/h6-8,11,13,16-17H,4-5,9-10H2,1-3H3. The van der Waals surface area contributed by atoms with Gasteiger partial charge >= 0.3 is 0 Å². The number of anilines is 1. The molecule has 0 radical (unpaired) electrons. The Labute approximate surface area is 105 Å². The molecule has 1 aliphatic heterocycles. The van der Waals surface area contributed by atoms with Gasteiger partial charge in [-0.3, -0.25) is 0 Å². The highest BCUT2D eigenvalue weighted by Gasteiger charge is 2.17. The maximum absolute atomic E-state index is 3.70. The van der Waals surface area contributed by atoms with E-state index in [0.29, 0.717) is 12.1 Å². The van der Waals surface area contributed by atoms with Crippen molar-refractivity contribution in [3.63, 3.8) is 0 Å². The van der Waals surface area contributed by atoms with Crippen molar-refractivity contribution in [2.45, 2.75) is 58.7 Å². The second kappa shape index (κ2) is 5.54. The summed E-state index contributed by atoms with van der Waals surface area (Å²) in [6.45, 7) is 7.77. The van der Waals surface area contributed by atoms with Gasteiger partial charge in [-0.25, -0.2) is 0 Å². The van der Waals surface area contributed by atoms with Crippen molar-refractivity contribution in [3.05, 3.63) is 29.3 Å². The van der Waals surface area contributed by atoms with Crippen LogP contribution in [0.1, 0.15) is 44.7 Å². The predicted octanol–water partition coefficient (Wildman–Crippen LogP) is 3.32. The largest absolute Gasteiger partial charge is 0.382 e. The van der Waals surface area contributed by atoms with Gasteiger partial charge in [0.2, 0.25) is 0 Å². The van der Waals surface area contributed by atoms with Crippen LogP contribution in [0.2, 0.25) is 0 Å². The molecule has 1 aromatic rings. The Morgan fingerprint density at radius 3 is 2.82 bits per heavy atom. The summed E-state index contributed by atoms with van der Waals surface area (Å²) in [5.74, 6) is 0. The van der Waals surface area contributed by atoms with Gasteiger partial charge in [0, 0.05) is 24.3 Å². The van der Waals surface area contributed by atoms with Crippen LogP contribution in [0.5, 0.6) is 0 Å². The summed E-state index contributed by atoms with van der Waals surface area (Å²) in [6.07, 6.45) is 3.51. The summed E-state index contributed by atoms with van der Waals surface area (Å²) in [6, 6.07) is 7.83. The molecule has 0 saturated heterocycles. The van der Waals surface area contributed by atoms with Crippen LogP contribution in [0.15, 0.2) is 18.2 Å². The summed E-state index contributed by atoms with van der Waals surface area (Å²) in [7, 11) is 0. The fraction of sp³-hybridized carbons (Fsp3) is 0.600. The molecule has 0 aliphatic carbocycles. The van der Waals surface area contributed by atoms with E-state index in [0.717, 1.165) is 13.0 Å². The summed E-state index contributed by atoms with van der Waals surface area (Å²) >= 11 is 0. The first kappa shape index (κ1) is 12.4. The highest BCUT2D eigenvalue weighted by atomic mass is 14.9. The topological polar surface area (TPSA) is 24.1 Å². The van der Waals surface area contributed by atoms with E-state index < -0.39 is 0 Å². The van der Waals surface area contributed by atoms with Gasteiger partial charge in [-0.15, -0.1) is 0 Å². The van der Waals surface area contributed by atoms with E-state index in [1.165, 1.54) is 29.7 Å². The lowest BCUT2D eigenvalue weighted by atomic mass is 9.94. The fourth-order valence-corrected chi connectivity index (χ4v) is 2.55. The minimum Gasteiger partial charge on any atom is -0.382 e. The average Bonchev–Trinajstić information content (AvgIpc) is 2.36. The molecule has 17 heavy (non-hydrogen) atoms. The Morgan fingerprint density at radius 2 is 2.12 bits per heavy atom. The van der Waals surface area contributed by atoms with Crippen molar-refractivity contribution in [3.8, 4) is 0 Å². The van der Waals surface area contributed by atoms with Crippen molar-refractivity contribution >= 4 is 5.69 Å². The minimum atomic E-state index is 0.590. The summed E-state index contributed by atoms with van der Waals surface area (Å²) in [4.78, 5) is 0. The molecule has 0 saturated carbocycles. The molecule has 0 amide bonds. The van der Waals surface area contributed by atoms with Gasteiger partial charge in [-0.2, -0.15) is 0 Å². The summed E-state index contributed by atoms with van der Waals surface area (Å²) < 4.78 is 0. The normalized spacial score (nSPS) is 19.2. The molecule has 2 nitrogen and oxygen atoms in total. The van der Waals surface area contributed by atoms with Crippen LogP contribution < -0.4 is 10.6 Å². The van der Waals surface area contributed by atoms with Crippen LogP contribution in [0.25, 0.3) is 0 Å². The van der Waals surface area contributed by atoms with Gasteiger partial charge in [0.15, 0.2) is 0 Å². The Morgan fingerprint density at radius 1 is 1.35 bits per heavy atom. The zero-order valence-corrected chi connectivity index (χ0v) is 11.2.